The highest BCUT2D eigenvalue weighted by Crippen LogP contribution is 2.49. The summed E-state index contributed by atoms with van der Waals surface area (Å²) >= 11 is 0. The van der Waals surface area contributed by atoms with E-state index >= 15 is 0 Å². The van der Waals surface area contributed by atoms with Crippen LogP contribution >= 0.6 is 0 Å². The van der Waals surface area contributed by atoms with E-state index in [1.807, 2.05) is 12.1 Å². The Morgan fingerprint density at radius 3 is 3.10 bits per heavy atom. The van der Waals surface area contributed by atoms with E-state index in [-0.39, 0.29) is 18.1 Å². The van der Waals surface area contributed by atoms with E-state index in [2.05, 4.69) is 27.2 Å². The summed E-state index contributed by atoms with van der Waals surface area (Å²) in [4.78, 5) is 12.8. The van der Waals surface area contributed by atoms with Crippen molar-refractivity contribution in [2.24, 2.45) is 5.92 Å². The molecule has 21 heavy (non-hydrogen) atoms. The summed E-state index contributed by atoms with van der Waals surface area (Å²) in [5, 5.41) is 13.1. The fraction of sp³-hybridized carbons (Fsp3) is 0.533. The van der Waals surface area contributed by atoms with Crippen molar-refractivity contribution in [1.82, 2.24) is 15.0 Å². The lowest BCUT2D eigenvalue weighted by atomic mass is 10.1. The molecule has 2 aromatic heterocycles. The van der Waals surface area contributed by atoms with Gasteiger partial charge in [-0.1, -0.05) is 19.8 Å². The molecular weight excluding hydrogens is 266 g/mol. The summed E-state index contributed by atoms with van der Waals surface area (Å²) in [7, 11) is 0. The lowest BCUT2D eigenvalue weighted by molar-refractivity contribution is 0.255. The van der Waals surface area contributed by atoms with E-state index in [9.17, 15) is 5.11 Å². The zero-order valence-electron chi connectivity index (χ0n) is 12.2. The zero-order chi connectivity index (χ0) is 14.9. The van der Waals surface area contributed by atoms with Crippen molar-refractivity contribution in [3.05, 3.63) is 18.3 Å². The number of hydrogen-bond acceptors (Lipinski definition) is 6. The number of anilines is 2. The number of unbranched alkanes of at least 4 members (excludes halogenated alkanes) is 1. The third-order valence-electron chi connectivity index (χ3n) is 4.26. The van der Waals surface area contributed by atoms with Crippen molar-refractivity contribution in [2.45, 2.75) is 38.1 Å². The molecule has 0 aromatic carbocycles. The molecule has 0 spiro atoms. The average Bonchev–Trinajstić information content (AvgIpc) is 3.18. The van der Waals surface area contributed by atoms with Gasteiger partial charge in [0.05, 0.1) is 17.7 Å². The lowest BCUT2D eigenvalue weighted by Crippen LogP contribution is -2.29. The molecule has 0 aliphatic heterocycles. The molecule has 6 nitrogen and oxygen atoms in total. The monoisotopic (exact) mass is 287 g/mol. The van der Waals surface area contributed by atoms with Crippen LogP contribution in [0.3, 0.4) is 0 Å². The minimum Gasteiger partial charge on any atom is -0.394 e. The van der Waals surface area contributed by atoms with E-state index < -0.39 is 0 Å². The molecular formula is C15H21N5O. The number of aromatic nitrogens is 3. The topological polar surface area (TPSA) is 97.0 Å². The summed E-state index contributed by atoms with van der Waals surface area (Å²) in [6.07, 6.45) is 6.14. The first kappa shape index (κ1) is 14.0. The fourth-order valence-electron chi connectivity index (χ4n) is 2.90. The minimum absolute atomic E-state index is 0.0968. The van der Waals surface area contributed by atoms with Crippen LogP contribution in [-0.4, -0.2) is 32.2 Å². The average molecular weight is 287 g/mol. The van der Waals surface area contributed by atoms with Crippen molar-refractivity contribution in [3.63, 3.8) is 0 Å². The second kappa shape index (κ2) is 5.44. The maximum absolute atomic E-state index is 9.77. The van der Waals surface area contributed by atoms with Crippen LogP contribution in [0.5, 0.6) is 0 Å². The molecule has 1 aliphatic carbocycles. The Hall–Kier alpha value is -1.95. The summed E-state index contributed by atoms with van der Waals surface area (Å²) in [5.74, 6) is 1.32. The van der Waals surface area contributed by atoms with Crippen molar-refractivity contribution >= 4 is 22.8 Å². The molecule has 0 unspecified atom stereocenters. The van der Waals surface area contributed by atoms with Gasteiger partial charge in [-0.2, -0.15) is 4.98 Å². The lowest BCUT2D eigenvalue weighted by Gasteiger charge is -2.18. The molecule has 0 amide bonds. The molecule has 0 radical (unpaired) electrons. The molecule has 0 saturated heterocycles. The summed E-state index contributed by atoms with van der Waals surface area (Å²) < 4.78 is 0. The van der Waals surface area contributed by atoms with Gasteiger partial charge in [0.15, 0.2) is 5.82 Å². The Kier molecular flexibility index (Phi) is 3.63. The highest BCUT2D eigenvalue weighted by atomic mass is 16.3. The number of fused-ring (bicyclic) bond motifs is 1. The number of nitrogens with two attached hydrogens (primary N) is 1. The number of hydrogen-bond donors (Lipinski definition) is 3. The van der Waals surface area contributed by atoms with Crippen LogP contribution in [0.4, 0.5) is 11.8 Å². The van der Waals surface area contributed by atoms with E-state index in [0.29, 0.717) is 22.8 Å². The third kappa shape index (κ3) is 2.63. The molecule has 6 heteroatoms. The number of rotatable bonds is 6. The highest BCUT2D eigenvalue weighted by Gasteiger charge is 2.53. The summed E-state index contributed by atoms with van der Waals surface area (Å²) in [5.41, 5.74) is 6.90. The Balaban J connectivity index is 1.88. The van der Waals surface area contributed by atoms with E-state index in [1.54, 1.807) is 6.20 Å². The smallest absolute Gasteiger partial charge is 0.222 e. The quantitative estimate of drug-likeness (QED) is 0.751. The molecule has 3 rings (SSSR count). The van der Waals surface area contributed by atoms with Gasteiger partial charge in [0.2, 0.25) is 5.95 Å². The van der Waals surface area contributed by atoms with E-state index in [1.165, 1.54) is 12.8 Å². The second-order valence-electron chi connectivity index (χ2n) is 5.78. The molecule has 1 saturated carbocycles. The van der Waals surface area contributed by atoms with Crippen molar-refractivity contribution in [1.29, 1.82) is 0 Å². The van der Waals surface area contributed by atoms with Crippen LogP contribution in [0.1, 0.15) is 32.6 Å². The van der Waals surface area contributed by atoms with Crippen LogP contribution in [0.15, 0.2) is 18.3 Å². The Morgan fingerprint density at radius 2 is 2.33 bits per heavy atom. The predicted molar refractivity (Wildman–Crippen MR) is 82.8 cm³/mol. The van der Waals surface area contributed by atoms with Gasteiger partial charge in [0, 0.05) is 6.20 Å². The van der Waals surface area contributed by atoms with Crippen LogP contribution in [0, 0.1) is 5.92 Å². The summed E-state index contributed by atoms with van der Waals surface area (Å²) in [6.45, 7) is 2.28. The normalized spacial score (nSPS) is 24.2. The van der Waals surface area contributed by atoms with Gasteiger partial charge in [-0.15, -0.1) is 0 Å². The molecule has 2 aromatic rings. The van der Waals surface area contributed by atoms with Gasteiger partial charge < -0.3 is 16.2 Å². The first-order valence-corrected chi connectivity index (χ1v) is 7.46. The van der Waals surface area contributed by atoms with Gasteiger partial charge in [0.1, 0.15) is 5.52 Å². The largest absolute Gasteiger partial charge is 0.394 e. The van der Waals surface area contributed by atoms with Crippen LogP contribution in [-0.2, 0) is 0 Å². The van der Waals surface area contributed by atoms with Crippen LogP contribution in [0.2, 0.25) is 0 Å². The zero-order valence-corrected chi connectivity index (χ0v) is 12.2. The Bertz CT molecular complexity index is 647. The molecule has 2 heterocycles. The second-order valence-corrected chi connectivity index (χ2v) is 5.78. The minimum atomic E-state index is -0.277. The molecule has 4 N–H and O–H groups in total. The number of nitrogens with one attached hydrogen (secondary N) is 1. The summed E-state index contributed by atoms with van der Waals surface area (Å²) in [6, 6.07) is 3.68. The van der Waals surface area contributed by atoms with Crippen molar-refractivity contribution < 1.29 is 5.11 Å². The van der Waals surface area contributed by atoms with Gasteiger partial charge in [-0.05, 0) is 30.9 Å². The number of pyridine rings is 1. The van der Waals surface area contributed by atoms with E-state index in [0.717, 1.165) is 12.8 Å². The first-order chi connectivity index (χ1) is 10.2. The van der Waals surface area contributed by atoms with Gasteiger partial charge in [-0.3, -0.25) is 4.98 Å². The standard InChI is InChI=1S/C15H21N5O/c1-2-3-5-10-8-15(10,9-21)20-13-12-11(6-4-7-17-12)18-14(16)19-13/h4,6-7,10,21H,2-3,5,8-9H2,1H3,(H3,16,18,19,20)/t10-,15-/m0/s1. The molecule has 2 atom stereocenters. The number of nitrogen functional groups attached to an aromatic ring is 1. The molecule has 112 valence electrons. The van der Waals surface area contributed by atoms with Crippen molar-refractivity contribution in [3.8, 4) is 0 Å². The maximum atomic E-state index is 9.77. The first-order valence-electron chi connectivity index (χ1n) is 7.46. The van der Waals surface area contributed by atoms with Crippen molar-refractivity contribution in [2.75, 3.05) is 17.7 Å². The number of nitrogens with zero attached hydrogens (tertiary/aromatic N) is 3. The number of aliphatic hydroxyl groups excluding tert-OH is 1. The van der Waals surface area contributed by atoms with E-state index in [4.69, 9.17) is 5.73 Å². The van der Waals surface area contributed by atoms with Gasteiger partial charge in [-0.25, -0.2) is 4.98 Å². The molecule has 1 fully saturated rings. The number of aliphatic hydroxyl groups is 1. The van der Waals surface area contributed by atoms with Gasteiger partial charge >= 0.3 is 0 Å². The fourth-order valence-corrected chi connectivity index (χ4v) is 2.90. The van der Waals surface area contributed by atoms with Crippen LogP contribution in [0.25, 0.3) is 11.0 Å². The van der Waals surface area contributed by atoms with Crippen LogP contribution < -0.4 is 11.1 Å². The third-order valence-corrected chi connectivity index (χ3v) is 4.26. The SMILES string of the molecule is CCCC[C@H]1C[C@@]1(CO)Nc1nc(N)nc2cccnc12. The molecule has 1 aliphatic rings. The highest BCUT2D eigenvalue weighted by molar-refractivity contribution is 5.86. The van der Waals surface area contributed by atoms with Gasteiger partial charge in [0.25, 0.3) is 0 Å². The Morgan fingerprint density at radius 1 is 1.48 bits per heavy atom. The predicted octanol–water partition coefficient (Wildman–Crippen LogP) is 1.96. The molecule has 0 bridgehead atoms. The Labute approximate surface area is 123 Å². The maximum Gasteiger partial charge on any atom is 0.222 e.